The van der Waals surface area contributed by atoms with Crippen LogP contribution in [0.4, 0.5) is 13.2 Å². The fourth-order valence-corrected chi connectivity index (χ4v) is 1.32. The topological polar surface area (TPSA) is 110 Å². The molecule has 0 heterocycles. The minimum atomic E-state index is -4.69. The molecule has 0 saturated heterocycles. The highest BCUT2D eigenvalue weighted by molar-refractivity contribution is 5.86. The number of halogens is 3. The second-order valence-corrected chi connectivity index (χ2v) is 3.91. The summed E-state index contributed by atoms with van der Waals surface area (Å²) in [7, 11) is 1.05. The van der Waals surface area contributed by atoms with Crippen LogP contribution in [0.15, 0.2) is 0 Å². The van der Waals surface area contributed by atoms with Crippen LogP contribution in [0.3, 0.4) is 0 Å². The van der Waals surface area contributed by atoms with E-state index in [0.717, 1.165) is 7.11 Å². The lowest BCUT2D eigenvalue weighted by Gasteiger charge is -2.25. The summed E-state index contributed by atoms with van der Waals surface area (Å²) < 4.78 is 41.2. The summed E-state index contributed by atoms with van der Waals surface area (Å²) in [5.41, 5.74) is 5.22. The fourth-order valence-electron chi connectivity index (χ4n) is 1.32. The molecular weight excluding hydrogens is 285 g/mol. The number of ether oxygens (including phenoxy) is 1. The Bertz CT molecular complexity index is 372. The van der Waals surface area contributed by atoms with Gasteiger partial charge in [-0.05, 0) is 0 Å². The predicted octanol–water partition coefficient (Wildman–Crippen LogP) is -0.258. The number of alkyl halides is 3. The van der Waals surface area contributed by atoms with Crippen molar-refractivity contribution in [2.24, 2.45) is 5.73 Å². The van der Waals surface area contributed by atoms with E-state index in [1.54, 1.807) is 0 Å². The Morgan fingerprint density at radius 1 is 1.35 bits per heavy atom. The second-order valence-electron chi connectivity index (χ2n) is 3.91. The number of amides is 1. The van der Waals surface area contributed by atoms with Crippen LogP contribution < -0.4 is 5.73 Å². The summed E-state index contributed by atoms with van der Waals surface area (Å²) >= 11 is 0. The molecule has 0 aliphatic carbocycles. The number of carboxylic acids is 1. The van der Waals surface area contributed by atoms with E-state index in [9.17, 15) is 27.6 Å². The van der Waals surface area contributed by atoms with Gasteiger partial charge in [0.15, 0.2) is 0 Å². The van der Waals surface area contributed by atoms with Gasteiger partial charge in [-0.3, -0.25) is 14.4 Å². The third-order valence-electron chi connectivity index (χ3n) is 2.21. The summed E-state index contributed by atoms with van der Waals surface area (Å²) in [5, 5.41) is 8.46. The number of methoxy groups -OCH3 is 1. The van der Waals surface area contributed by atoms with Crippen LogP contribution >= 0.6 is 0 Å². The lowest BCUT2D eigenvalue weighted by Crippen LogP contribution is -2.48. The van der Waals surface area contributed by atoms with Crippen molar-refractivity contribution in [2.75, 3.05) is 20.2 Å². The maximum Gasteiger partial charge on any atom is 0.406 e. The molecular formula is C10H15F3N2O5. The predicted molar refractivity (Wildman–Crippen MR) is 59.5 cm³/mol. The van der Waals surface area contributed by atoms with Crippen molar-refractivity contribution in [1.82, 2.24) is 4.90 Å². The van der Waals surface area contributed by atoms with E-state index in [1.165, 1.54) is 0 Å². The minimum Gasteiger partial charge on any atom is -0.481 e. The highest BCUT2D eigenvalue weighted by Gasteiger charge is 2.35. The zero-order valence-electron chi connectivity index (χ0n) is 10.6. The van der Waals surface area contributed by atoms with E-state index in [1.807, 2.05) is 0 Å². The monoisotopic (exact) mass is 300 g/mol. The molecule has 20 heavy (non-hydrogen) atoms. The molecule has 1 unspecified atom stereocenters. The number of nitrogens with two attached hydrogens (primary N) is 1. The Labute approximate surface area is 112 Å². The number of esters is 1. The van der Waals surface area contributed by atoms with Gasteiger partial charge in [0.25, 0.3) is 0 Å². The van der Waals surface area contributed by atoms with Gasteiger partial charge in [-0.1, -0.05) is 0 Å². The van der Waals surface area contributed by atoms with Crippen LogP contribution in [0.5, 0.6) is 0 Å². The highest BCUT2D eigenvalue weighted by Crippen LogP contribution is 2.17. The first-order chi connectivity index (χ1) is 9.06. The SMILES string of the molecule is COC(=O)CCN(CC(F)(F)F)C(=O)C(N)CC(=O)O. The smallest absolute Gasteiger partial charge is 0.406 e. The fraction of sp³-hybridized carbons (Fsp3) is 0.700. The van der Waals surface area contributed by atoms with Crippen molar-refractivity contribution in [3.05, 3.63) is 0 Å². The van der Waals surface area contributed by atoms with Crippen molar-refractivity contribution in [3.63, 3.8) is 0 Å². The normalized spacial score (nSPS) is 12.7. The molecule has 0 aliphatic rings. The molecule has 0 aromatic rings. The van der Waals surface area contributed by atoms with Gasteiger partial charge in [0, 0.05) is 6.54 Å². The summed E-state index contributed by atoms with van der Waals surface area (Å²) in [6.07, 6.45) is -5.93. The first-order valence-electron chi connectivity index (χ1n) is 5.46. The molecule has 0 spiro atoms. The summed E-state index contributed by atoms with van der Waals surface area (Å²) in [6.45, 7) is -2.17. The number of rotatable bonds is 7. The van der Waals surface area contributed by atoms with Crippen LogP contribution in [0, 0.1) is 0 Å². The Morgan fingerprint density at radius 2 is 1.90 bits per heavy atom. The molecule has 0 bridgehead atoms. The number of hydrogen-bond acceptors (Lipinski definition) is 5. The maximum atomic E-state index is 12.3. The zero-order valence-corrected chi connectivity index (χ0v) is 10.6. The number of aliphatic carboxylic acids is 1. The summed E-state index contributed by atoms with van der Waals surface area (Å²) in [5.74, 6) is -3.39. The molecule has 1 amide bonds. The van der Waals surface area contributed by atoms with E-state index in [-0.39, 0.29) is 0 Å². The molecule has 0 aliphatic heterocycles. The standard InChI is InChI=1S/C10H15F3N2O5/c1-20-8(18)2-3-15(5-10(11,12)13)9(19)6(14)4-7(16)17/h6H,2-5,14H2,1H3,(H,16,17). The third-order valence-corrected chi connectivity index (χ3v) is 2.21. The minimum absolute atomic E-state index is 0.296. The molecule has 0 aromatic carbocycles. The number of carbonyl (C=O) groups excluding carboxylic acids is 2. The number of hydrogen-bond donors (Lipinski definition) is 2. The first-order valence-corrected chi connectivity index (χ1v) is 5.46. The highest BCUT2D eigenvalue weighted by atomic mass is 19.4. The Balaban J connectivity index is 4.77. The van der Waals surface area contributed by atoms with Crippen molar-refractivity contribution < 1.29 is 37.4 Å². The molecule has 0 saturated carbocycles. The van der Waals surface area contributed by atoms with Gasteiger partial charge >= 0.3 is 18.1 Å². The van der Waals surface area contributed by atoms with Crippen LogP contribution in [0.2, 0.25) is 0 Å². The van der Waals surface area contributed by atoms with E-state index >= 15 is 0 Å². The average molecular weight is 300 g/mol. The molecule has 1 atom stereocenters. The molecule has 10 heteroatoms. The summed E-state index contributed by atoms with van der Waals surface area (Å²) in [4.78, 5) is 33.2. The zero-order chi connectivity index (χ0) is 15.9. The molecule has 0 aromatic heterocycles. The quantitative estimate of drug-likeness (QED) is 0.627. The van der Waals surface area contributed by atoms with E-state index < -0.39 is 56.0 Å². The largest absolute Gasteiger partial charge is 0.481 e. The molecule has 3 N–H and O–H groups in total. The second kappa shape index (κ2) is 7.68. The number of nitrogens with zero attached hydrogens (tertiary/aromatic N) is 1. The van der Waals surface area contributed by atoms with E-state index in [4.69, 9.17) is 10.8 Å². The molecule has 0 fully saturated rings. The number of carbonyl (C=O) groups is 3. The molecule has 7 nitrogen and oxygen atoms in total. The molecule has 116 valence electrons. The van der Waals surface area contributed by atoms with Crippen LogP contribution in [-0.4, -0.2) is 60.3 Å². The van der Waals surface area contributed by atoms with Gasteiger partial charge in [-0.15, -0.1) is 0 Å². The summed E-state index contributed by atoms with van der Waals surface area (Å²) in [6, 6.07) is -1.60. The van der Waals surface area contributed by atoms with Gasteiger partial charge < -0.3 is 20.5 Å². The van der Waals surface area contributed by atoms with Gasteiger partial charge in [-0.2, -0.15) is 13.2 Å². The molecule has 0 radical (unpaired) electrons. The first kappa shape index (κ1) is 18.2. The molecule has 0 rings (SSSR count). The lowest BCUT2D eigenvalue weighted by molar-refractivity contribution is -0.164. The van der Waals surface area contributed by atoms with Crippen LogP contribution in [-0.2, 0) is 19.1 Å². The maximum absolute atomic E-state index is 12.3. The lowest BCUT2D eigenvalue weighted by atomic mass is 10.2. The Morgan fingerprint density at radius 3 is 2.30 bits per heavy atom. The van der Waals surface area contributed by atoms with Crippen LogP contribution in [0.1, 0.15) is 12.8 Å². The van der Waals surface area contributed by atoms with Gasteiger partial charge in [0.05, 0.1) is 26.0 Å². The van der Waals surface area contributed by atoms with Gasteiger partial charge in [0.2, 0.25) is 5.91 Å². The number of carboxylic acid groups (broad SMARTS) is 1. The third kappa shape index (κ3) is 7.56. The van der Waals surface area contributed by atoms with Crippen LogP contribution in [0.25, 0.3) is 0 Å². The average Bonchev–Trinajstić information content (AvgIpc) is 2.30. The van der Waals surface area contributed by atoms with Crippen molar-refractivity contribution in [3.8, 4) is 0 Å². The van der Waals surface area contributed by atoms with Gasteiger partial charge in [-0.25, -0.2) is 0 Å². The van der Waals surface area contributed by atoms with Gasteiger partial charge in [0.1, 0.15) is 6.54 Å². The van der Waals surface area contributed by atoms with Crippen molar-refractivity contribution >= 4 is 17.8 Å². The van der Waals surface area contributed by atoms with E-state index in [0.29, 0.717) is 4.90 Å². The van der Waals surface area contributed by atoms with Crippen molar-refractivity contribution in [1.29, 1.82) is 0 Å². The Hall–Kier alpha value is -1.84. The van der Waals surface area contributed by atoms with E-state index in [2.05, 4.69) is 4.74 Å². The Kier molecular flexibility index (Phi) is 6.97. The van der Waals surface area contributed by atoms with Crippen molar-refractivity contribution in [2.45, 2.75) is 25.1 Å².